The molecule has 0 aliphatic heterocycles. The smallest absolute Gasteiger partial charge is 0.311 e. The maximum Gasteiger partial charge on any atom is 0.311 e. The van der Waals surface area contributed by atoms with Crippen LogP contribution in [0.5, 0.6) is 0 Å². The lowest BCUT2D eigenvalue weighted by atomic mass is 10.4. The van der Waals surface area contributed by atoms with Crippen LogP contribution in [0.3, 0.4) is 0 Å². The van der Waals surface area contributed by atoms with Crippen LogP contribution in [0.2, 0.25) is 5.15 Å². The number of aromatic nitrogens is 4. The summed E-state index contributed by atoms with van der Waals surface area (Å²) >= 11 is 7.26. The van der Waals surface area contributed by atoms with Crippen molar-refractivity contribution in [2.45, 2.75) is 5.16 Å². The van der Waals surface area contributed by atoms with Crippen LogP contribution in [0, 0.1) is 10.1 Å². The number of imidazole rings is 1. The zero-order valence-electron chi connectivity index (χ0n) is 11.7. The zero-order valence-corrected chi connectivity index (χ0v) is 13.3. The SMILES string of the molecule is O=[N+]([O-])c1ccc(Cl)nc1NCCSc1nc2ncccc2[nH]1. The molecule has 0 saturated heterocycles. The highest BCUT2D eigenvalue weighted by molar-refractivity contribution is 7.99. The van der Waals surface area contributed by atoms with Gasteiger partial charge < -0.3 is 10.3 Å². The van der Waals surface area contributed by atoms with Crippen molar-refractivity contribution in [2.24, 2.45) is 0 Å². The van der Waals surface area contributed by atoms with E-state index >= 15 is 0 Å². The lowest BCUT2D eigenvalue weighted by molar-refractivity contribution is -0.384. The van der Waals surface area contributed by atoms with E-state index in [1.165, 1.54) is 23.9 Å². The standard InChI is InChI=1S/C13H11ClN6O2S/c14-10-4-3-9(20(21)22)12(18-10)16-6-7-23-13-17-8-2-1-5-15-11(8)19-13/h1-5H,6-7H2,(H,16,18)(H,15,17,19). The van der Waals surface area contributed by atoms with Crippen LogP contribution in [0.4, 0.5) is 11.5 Å². The summed E-state index contributed by atoms with van der Waals surface area (Å²) < 4.78 is 0. The molecular weight excluding hydrogens is 340 g/mol. The molecule has 0 aromatic carbocycles. The van der Waals surface area contributed by atoms with E-state index in [1.807, 2.05) is 12.1 Å². The van der Waals surface area contributed by atoms with Crippen molar-refractivity contribution in [3.8, 4) is 0 Å². The van der Waals surface area contributed by atoms with Crippen molar-refractivity contribution in [3.05, 3.63) is 45.7 Å². The number of fused-ring (bicyclic) bond motifs is 1. The Balaban J connectivity index is 1.59. The Morgan fingerprint density at radius 1 is 1.35 bits per heavy atom. The molecule has 0 atom stereocenters. The third-order valence-electron chi connectivity index (χ3n) is 2.91. The van der Waals surface area contributed by atoms with Gasteiger partial charge in [0.25, 0.3) is 0 Å². The zero-order chi connectivity index (χ0) is 16.2. The Morgan fingerprint density at radius 2 is 2.22 bits per heavy atom. The average Bonchev–Trinajstić information content (AvgIpc) is 2.94. The van der Waals surface area contributed by atoms with Crippen molar-refractivity contribution in [2.75, 3.05) is 17.6 Å². The summed E-state index contributed by atoms with van der Waals surface area (Å²) in [5.41, 5.74) is 1.43. The molecule has 0 bridgehead atoms. The first-order chi connectivity index (χ1) is 11.1. The Labute approximate surface area is 139 Å². The van der Waals surface area contributed by atoms with Crippen molar-refractivity contribution in [1.29, 1.82) is 0 Å². The van der Waals surface area contributed by atoms with E-state index < -0.39 is 4.92 Å². The minimum Gasteiger partial charge on any atom is -0.363 e. The van der Waals surface area contributed by atoms with Gasteiger partial charge in [-0.15, -0.1) is 0 Å². The lowest BCUT2D eigenvalue weighted by Gasteiger charge is -2.05. The van der Waals surface area contributed by atoms with Gasteiger partial charge in [-0.2, -0.15) is 0 Å². The molecule has 3 aromatic heterocycles. The summed E-state index contributed by atoms with van der Waals surface area (Å²) in [6.45, 7) is 0.476. The first-order valence-electron chi connectivity index (χ1n) is 6.62. The number of nitrogens with one attached hydrogen (secondary N) is 2. The van der Waals surface area contributed by atoms with E-state index in [9.17, 15) is 10.1 Å². The second-order valence-corrected chi connectivity index (χ2v) is 5.92. The van der Waals surface area contributed by atoms with Gasteiger partial charge in [-0.25, -0.2) is 15.0 Å². The Bertz CT molecular complexity index is 822. The van der Waals surface area contributed by atoms with Crippen LogP contribution in [0.25, 0.3) is 11.2 Å². The number of nitrogens with zero attached hydrogens (tertiary/aromatic N) is 4. The molecule has 2 N–H and O–H groups in total. The van der Waals surface area contributed by atoms with E-state index in [0.29, 0.717) is 17.9 Å². The Hall–Kier alpha value is -2.39. The fourth-order valence-corrected chi connectivity index (χ4v) is 2.79. The molecule has 8 nitrogen and oxygen atoms in total. The molecule has 0 fully saturated rings. The van der Waals surface area contributed by atoms with Gasteiger partial charge in [-0.1, -0.05) is 23.4 Å². The van der Waals surface area contributed by atoms with Gasteiger partial charge in [-0.3, -0.25) is 10.1 Å². The largest absolute Gasteiger partial charge is 0.363 e. The molecule has 0 amide bonds. The lowest BCUT2D eigenvalue weighted by Crippen LogP contribution is -2.08. The highest BCUT2D eigenvalue weighted by Crippen LogP contribution is 2.24. The number of pyridine rings is 2. The van der Waals surface area contributed by atoms with Gasteiger partial charge in [0.2, 0.25) is 5.82 Å². The maximum atomic E-state index is 10.9. The predicted molar refractivity (Wildman–Crippen MR) is 89.0 cm³/mol. The number of thioether (sulfide) groups is 1. The van der Waals surface area contributed by atoms with Crippen molar-refractivity contribution >= 4 is 46.0 Å². The Kier molecular flexibility index (Phi) is 4.58. The predicted octanol–water partition coefficient (Wildman–Crippen LogP) is 3.12. The number of nitro groups is 1. The van der Waals surface area contributed by atoms with E-state index in [2.05, 4.69) is 25.3 Å². The van der Waals surface area contributed by atoms with E-state index in [0.717, 1.165) is 10.7 Å². The molecule has 0 saturated carbocycles. The Morgan fingerprint density at radius 3 is 3.00 bits per heavy atom. The normalized spacial score (nSPS) is 10.8. The summed E-state index contributed by atoms with van der Waals surface area (Å²) in [4.78, 5) is 26.0. The molecule has 0 aliphatic carbocycles. The molecule has 0 unspecified atom stereocenters. The molecule has 0 aliphatic rings. The average molecular weight is 351 g/mol. The van der Waals surface area contributed by atoms with Crippen molar-refractivity contribution in [1.82, 2.24) is 19.9 Å². The summed E-state index contributed by atoms with van der Waals surface area (Å²) in [6, 6.07) is 6.45. The fraction of sp³-hybridized carbons (Fsp3) is 0.154. The van der Waals surface area contributed by atoms with Gasteiger partial charge in [0, 0.05) is 24.6 Å². The summed E-state index contributed by atoms with van der Waals surface area (Å²) in [5, 5.41) is 14.8. The number of rotatable bonds is 6. The number of hydrogen-bond acceptors (Lipinski definition) is 7. The van der Waals surface area contributed by atoms with Gasteiger partial charge in [-0.05, 0) is 18.2 Å². The summed E-state index contributed by atoms with van der Waals surface area (Å²) in [6.07, 6.45) is 1.68. The molecule has 3 heterocycles. The first-order valence-corrected chi connectivity index (χ1v) is 7.98. The van der Waals surface area contributed by atoms with Crippen LogP contribution < -0.4 is 5.32 Å². The number of halogens is 1. The molecular formula is C13H11ClN6O2S. The third-order valence-corrected chi connectivity index (χ3v) is 3.99. The monoisotopic (exact) mass is 350 g/mol. The summed E-state index contributed by atoms with van der Waals surface area (Å²) in [7, 11) is 0. The third kappa shape index (κ3) is 3.69. The quantitative estimate of drug-likeness (QED) is 0.231. The number of aromatic amines is 1. The fourth-order valence-electron chi connectivity index (χ4n) is 1.91. The van der Waals surface area contributed by atoms with E-state index in [1.54, 1.807) is 6.20 Å². The van der Waals surface area contributed by atoms with E-state index in [4.69, 9.17) is 11.6 Å². The van der Waals surface area contributed by atoms with Crippen molar-refractivity contribution < 1.29 is 4.92 Å². The highest BCUT2D eigenvalue weighted by atomic mass is 35.5. The molecule has 3 aromatic rings. The number of hydrogen-bond donors (Lipinski definition) is 2. The van der Waals surface area contributed by atoms with Gasteiger partial charge in [0.15, 0.2) is 10.8 Å². The van der Waals surface area contributed by atoms with Crippen LogP contribution in [0.15, 0.2) is 35.6 Å². The molecule has 10 heteroatoms. The van der Waals surface area contributed by atoms with Gasteiger partial charge in [0.05, 0.1) is 10.4 Å². The van der Waals surface area contributed by atoms with Gasteiger partial charge >= 0.3 is 5.69 Å². The van der Waals surface area contributed by atoms with E-state index in [-0.39, 0.29) is 16.7 Å². The van der Waals surface area contributed by atoms with Crippen LogP contribution in [-0.4, -0.2) is 37.2 Å². The van der Waals surface area contributed by atoms with Crippen molar-refractivity contribution in [3.63, 3.8) is 0 Å². The minimum atomic E-state index is -0.496. The molecule has 118 valence electrons. The molecule has 3 rings (SSSR count). The summed E-state index contributed by atoms with van der Waals surface area (Å²) in [5.74, 6) is 0.805. The second kappa shape index (κ2) is 6.80. The van der Waals surface area contributed by atoms with Crippen LogP contribution >= 0.6 is 23.4 Å². The molecule has 0 radical (unpaired) electrons. The van der Waals surface area contributed by atoms with Crippen LogP contribution in [0.1, 0.15) is 0 Å². The molecule has 23 heavy (non-hydrogen) atoms. The second-order valence-electron chi connectivity index (χ2n) is 4.45. The number of H-pyrrole nitrogens is 1. The maximum absolute atomic E-state index is 10.9. The number of anilines is 1. The van der Waals surface area contributed by atoms with Crippen LogP contribution in [-0.2, 0) is 0 Å². The highest BCUT2D eigenvalue weighted by Gasteiger charge is 2.15. The first kappa shape index (κ1) is 15.5. The molecule has 0 spiro atoms. The van der Waals surface area contributed by atoms with Gasteiger partial charge in [0.1, 0.15) is 5.15 Å². The topological polar surface area (TPSA) is 110 Å². The minimum absolute atomic E-state index is 0.104.